The van der Waals surface area contributed by atoms with E-state index in [1.807, 2.05) is 0 Å². The maximum absolute atomic E-state index is 12.9. The van der Waals surface area contributed by atoms with Crippen molar-refractivity contribution in [2.75, 3.05) is 13.2 Å². The molecule has 0 amide bonds. The highest BCUT2D eigenvalue weighted by Gasteiger charge is 2.61. The second-order valence-corrected chi connectivity index (χ2v) is 8.16. The zero-order valence-electron chi connectivity index (χ0n) is 13.3. The SMILES string of the molecule is CC(C)C1(O)C2CC3CC(C2)C(COCC(C)(F)F)C1C3. The van der Waals surface area contributed by atoms with E-state index in [0.29, 0.717) is 18.4 Å². The van der Waals surface area contributed by atoms with Crippen molar-refractivity contribution < 1.29 is 18.6 Å². The first-order valence-corrected chi connectivity index (χ1v) is 8.39. The maximum Gasteiger partial charge on any atom is 0.268 e. The first-order valence-electron chi connectivity index (χ1n) is 8.39. The number of halogens is 2. The predicted octanol–water partition coefficient (Wildman–Crippen LogP) is 3.73. The van der Waals surface area contributed by atoms with Gasteiger partial charge in [-0.25, -0.2) is 8.78 Å². The van der Waals surface area contributed by atoms with E-state index in [2.05, 4.69) is 13.8 Å². The molecule has 0 saturated heterocycles. The second kappa shape index (κ2) is 5.16. The van der Waals surface area contributed by atoms with Gasteiger partial charge in [0.25, 0.3) is 5.92 Å². The van der Waals surface area contributed by atoms with Gasteiger partial charge in [0.15, 0.2) is 0 Å². The van der Waals surface area contributed by atoms with E-state index in [9.17, 15) is 13.9 Å². The molecular formula is C17H28F2O2. The van der Waals surface area contributed by atoms with Gasteiger partial charge in [0.1, 0.15) is 6.61 Å². The topological polar surface area (TPSA) is 29.5 Å². The van der Waals surface area contributed by atoms with Gasteiger partial charge in [0, 0.05) is 6.92 Å². The van der Waals surface area contributed by atoms with Gasteiger partial charge in [-0.1, -0.05) is 13.8 Å². The summed E-state index contributed by atoms with van der Waals surface area (Å²) in [7, 11) is 0. The molecule has 4 aliphatic carbocycles. The summed E-state index contributed by atoms with van der Waals surface area (Å²) in [6.45, 7) is 4.97. The molecule has 1 N–H and O–H groups in total. The Labute approximate surface area is 126 Å². The number of hydrogen-bond donors (Lipinski definition) is 1. The molecule has 4 heteroatoms. The molecule has 122 valence electrons. The van der Waals surface area contributed by atoms with Crippen molar-refractivity contribution in [3.05, 3.63) is 0 Å². The highest BCUT2D eigenvalue weighted by molar-refractivity contribution is 5.11. The molecule has 6 atom stereocenters. The molecule has 0 aromatic carbocycles. The first-order chi connectivity index (χ1) is 9.72. The van der Waals surface area contributed by atoms with Gasteiger partial charge in [-0.3, -0.25) is 0 Å². The highest BCUT2D eigenvalue weighted by atomic mass is 19.3. The Hall–Kier alpha value is -0.220. The van der Waals surface area contributed by atoms with E-state index in [4.69, 9.17) is 4.74 Å². The third kappa shape index (κ3) is 2.63. The molecule has 0 aliphatic heterocycles. The maximum atomic E-state index is 12.9. The Bertz CT molecular complexity index is 393. The molecule has 4 rings (SSSR count). The minimum Gasteiger partial charge on any atom is -0.389 e. The van der Waals surface area contributed by atoms with Gasteiger partial charge >= 0.3 is 0 Å². The number of rotatable bonds is 5. The molecule has 4 aliphatic rings. The Kier molecular flexibility index (Phi) is 3.85. The fraction of sp³-hybridized carbons (Fsp3) is 1.00. The summed E-state index contributed by atoms with van der Waals surface area (Å²) in [6, 6.07) is 0. The molecule has 0 aromatic rings. The molecule has 0 spiro atoms. The minimum atomic E-state index is -2.76. The third-order valence-electron chi connectivity index (χ3n) is 6.39. The van der Waals surface area contributed by atoms with Gasteiger partial charge in [-0.15, -0.1) is 0 Å². The molecule has 21 heavy (non-hydrogen) atoms. The summed E-state index contributed by atoms with van der Waals surface area (Å²) in [6.07, 6.45) is 4.47. The largest absolute Gasteiger partial charge is 0.389 e. The van der Waals surface area contributed by atoms with Crippen molar-refractivity contribution in [1.29, 1.82) is 0 Å². The zero-order valence-corrected chi connectivity index (χ0v) is 13.3. The first kappa shape index (κ1) is 15.7. The Morgan fingerprint density at radius 2 is 1.95 bits per heavy atom. The molecule has 6 unspecified atom stereocenters. The molecular weight excluding hydrogens is 274 g/mol. The van der Waals surface area contributed by atoms with Crippen LogP contribution in [0, 0.1) is 35.5 Å². The van der Waals surface area contributed by atoms with Crippen LogP contribution < -0.4 is 0 Å². The summed E-state index contributed by atoms with van der Waals surface area (Å²) in [5.41, 5.74) is -0.615. The lowest BCUT2D eigenvalue weighted by Crippen LogP contribution is -2.64. The average molecular weight is 302 g/mol. The summed E-state index contributed by atoms with van der Waals surface area (Å²) in [5, 5.41) is 11.3. The molecule has 4 saturated carbocycles. The van der Waals surface area contributed by atoms with Crippen LogP contribution in [0.3, 0.4) is 0 Å². The predicted molar refractivity (Wildman–Crippen MR) is 77.1 cm³/mol. The average Bonchev–Trinajstić information content (AvgIpc) is 2.36. The standard InChI is InChI=1S/C17H28F2O2/c1-10(2)17(20)13-5-11-4-12(7-13)14(15(17)6-11)8-21-9-16(3,18)19/h10-15,20H,4-9H2,1-3H3. The van der Waals surface area contributed by atoms with Crippen LogP contribution in [-0.4, -0.2) is 29.8 Å². The van der Waals surface area contributed by atoms with Gasteiger partial charge in [-0.2, -0.15) is 0 Å². The molecule has 0 radical (unpaired) electrons. The van der Waals surface area contributed by atoms with Crippen molar-refractivity contribution in [2.45, 2.75) is 58.0 Å². The van der Waals surface area contributed by atoms with Crippen LogP contribution in [0.2, 0.25) is 0 Å². The van der Waals surface area contributed by atoms with Crippen LogP contribution in [0.4, 0.5) is 8.78 Å². The lowest BCUT2D eigenvalue weighted by atomic mass is 9.44. The Morgan fingerprint density at radius 1 is 1.24 bits per heavy atom. The molecule has 4 fully saturated rings. The van der Waals surface area contributed by atoms with Gasteiger partial charge in [0.2, 0.25) is 0 Å². The van der Waals surface area contributed by atoms with Crippen molar-refractivity contribution >= 4 is 0 Å². The van der Waals surface area contributed by atoms with Crippen LogP contribution in [0.1, 0.15) is 46.5 Å². The number of ether oxygens (including phenoxy) is 1. The van der Waals surface area contributed by atoms with Crippen molar-refractivity contribution in [3.63, 3.8) is 0 Å². The fourth-order valence-corrected chi connectivity index (χ4v) is 5.63. The number of alkyl halides is 2. The lowest BCUT2D eigenvalue weighted by molar-refractivity contribution is -0.231. The fourth-order valence-electron chi connectivity index (χ4n) is 5.63. The molecule has 4 bridgehead atoms. The van der Waals surface area contributed by atoms with E-state index in [0.717, 1.165) is 32.1 Å². The van der Waals surface area contributed by atoms with Crippen molar-refractivity contribution in [3.8, 4) is 0 Å². The van der Waals surface area contributed by atoms with Crippen molar-refractivity contribution in [1.82, 2.24) is 0 Å². The second-order valence-electron chi connectivity index (χ2n) is 8.16. The van der Waals surface area contributed by atoms with Gasteiger partial charge in [0.05, 0.1) is 12.2 Å². The lowest BCUT2D eigenvalue weighted by Gasteiger charge is -2.63. The third-order valence-corrected chi connectivity index (χ3v) is 6.39. The molecule has 0 heterocycles. The van der Waals surface area contributed by atoms with Gasteiger partial charge in [-0.05, 0) is 61.2 Å². The van der Waals surface area contributed by atoms with E-state index < -0.39 is 18.1 Å². The van der Waals surface area contributed by atoms with E-state index in [1.165, 1.54) is 6.42 Å². The number of hydrogen-bond acceptors (Lipinski definition) is 2. The monoisotopic (exact) mass is 302 g/mol. The quantitative estimate of drug-likeness (QED) is 0.838. The smallest absolute Gasteiger partial charge is 0.268 e. The van der Waals surface area contributed by atoms with Gasteiger partial charge < -0.3 is 9.84 Å². The van der Waals surface area contributed by atoms with Crippen LogP contribution >= 0.6 is 0 Å². The van der Waals surface area contributed by atoms with Crippen LogP contribution in [-0.2, 0) is 4.74 Å². The van der Waals surface area contributed by atoms with E-state index >= 15 is 0 Å². The summed E-state index contributed by atoms with van der Waals surface area (Å²) < 4.78 is 31.2. The summed E-state index contributed by atoms with van der Waals surface area (Å²) >= 11 is 0. The van der Waals surface area contributed by atoms with Crippen LogP contribution in [0.5, 0.6) is 0 Å². The van der Waals surface area contributed by atoms with E-state index in [-0.39, 0.29) is 17.8 Å². The zero-order chi connectivity index (χ0) is 15.4. The van der Waals surface area contributed by atoms with Crippen LogP contribution in [0.15, 0.2) is 0 Å². The van der Waals surface area contributed by atoms with Crippen molar-refractivity contribution in [2.24, 2.45) is 35.5 Å². The summed E-state index contributed by atoms with van der Waals surface area (Å²) in [5.74, 6) is -0.336. The van der Waals surface area contributed by atoms with E-state index in [1.54, 1.807) is 0 Å². The molecule has 2 nitrogen and oxygen atoms in total. The number of aliphatic hydroxyl groups is 1. The Balaban J connectivity index is 1.73. The molecule has 0 aromatic heterocycles. The van der Waals surface area contributed by atoms with Crippen LogP contribution in [0.25, 0.3) is 0 Å². The Morgan fingerprint density at radius 3 is 2.57 bits per heavy atom. The normalized spacial score (nSPS) is 45.6. The minimum absolute atomic E-state index is 0.225. The highest BCUT2D eigenvalue weighted by Crippen LogP contribution is 2.62. The summed E-state index contributed by atoms with van der Waals surface area (Å²) in [4.78, 5) is 0.